The topological polar surface area (TPSA) is 0 Å². The molecular formula is C36H17F51P+. The minimum absolute atomic E-state index is 0.147. The fourth-order valence-corrected chi connectivity index (χ4v) is 11.0. The molecule has 0 unspecified atom stereocenters. The first-order valence-corrected chi connectivity index (χ1v) is 22.9. The molecule has 1 aromatic carbocycles. The molecule has 522 valence electrons. The highest BCUT2D eigenvalue weighted by molar-refractivity contribution is 7.82. The Bertz CT molecular complexity index is 2310. The third-order valence-electron chi connectivity index (χ3n) is 12.2. The molecule has 0 bridgehead atoms. The molecule has 0 heterocycles. The summed E-state index contributed by atoms with van der Waals surface area (Å²) in [4.78, 5) is 0. The van der Waals surface area contributed by atoms with Gasteiger partial charge in [0.25, 0.3) is 0 Å². The van der Waals surface area contributed by atoms with Crippen LogP contribution < -0.4 is 5.30 Å². The summed E-state index contributed by atoms with van der Waals surface area (Å²) in [5, 5.41) is -2.31. The van der Waals surface area contributed by atoms with Crippen LogP contribution in [0.5, 0.6) is 0 Å². The molecule has 0 atom stereocenters. The summed E-state index contributed by atoms with van der Waals surface area (Å²) in [6.07, 6.45) is -50.4. The summed E-state index contributed by atoms with van der Waals surface area (Å²) in [6, 6.07) is -1.17. The van der Waals surface area contributed by atoms with Crippen molar-refractivity contribution in [2.75, 3.05) is 18.5 Å². The van der Waals surface area contributed by atoms with Crippen LogP contribution in [0.3, 0.4) is 0 Å². The number of hydrogen-bond acceptors (Lipinski definition) is 0. The minimum Gasteiger partial charge on any atom is -0.199 e. The number of hydrogen-bond donors (Lipinski definition) is 0. The molecule has 0 nitrogen and oxygen atoms in total. The van der Waals surface area contributed by atoms with Crippen LogP contribution in [0.15, 0.2) is 30.3 Å². The molecule has 0 aliphatic carbocycles. The van der Waals surface area contributed by atoms with Crippen molar-refractivity contribution in [1.29, 1.82) is 0 Å². The Morgan fingerprint density at radius 3 is 0.466 bits per heavy atom. The highest BCUT2D eigenvalue weighted by atomic mass is 31.2. The molecule has 0 radical (unpaired) electrons. The molecule has 0 N–H and O–H groups in total. The molecule has 0 fully saturated rings. The lowest BCUT2D eigenvalue weighted by Gasteiger charge is -2.43. The van der Waals surface area contributed by atoms with Gasteiger partial charge in [-0.2, -0.15) is 224 Å². The van der Waals surface area contributed by atoms with E-state index in [4.69, 9.17) is 0 Å². The van der Waals surface area contributed by atoms with E-state index in [1.165, 1.54) is 0 Å². The van der Waals surface area contributed by atoms with E-state index in [1.807, 2.05) is 0 Å². The minimum atomic E-state index is -9.68. The van der Waals surface area contributed by atoms with Gasteiger partial charge in [-0.05, 0) is 12.1 Å². The zero-order valence-corrected chi connectivity index (χ0v) is 40.2. The van der Waals surface area contributed by atoms with E-state index in [2.05, 4.69) is 0 Å². The predicted octanol–water partition coefficient (Wildman–Crippen LogP) is 19.5. The van der Waals surface area contributed by atoms with Gasteiger partial charge in [-0.25, -0.2) is 0 Å². The highest BCUT2D eigenvalue weighted by Crippen LogP contribution is 2.71. The van der Waals surface area contributed by atoms with Crippen LogP contribution in [0.4, 0.5) is 224 Å². The van der Waals surface area contributed by atoms with Crippen LogP contribution in [-0.4, -0.2) is 161 Å². The monoisotopic (exact) mass is 1450 g/mol. The van der Waals surface area contributed by atoms with Crippen LogP contribution >= 0.6 is 7.26 Å². The molecule has 0 saturated heterocycles. The smallest absolute Gasteiger partial charge is 0.199 e. The predicted molar refractivity (Wildman–Crippen MR) is 183 cm³/mol. The molecule has 0 saturated carbocycles. The van der Waals surface area contributed by atoms with E-state index < -0.39 is 205 Å². The summed E-state index contributed by atoms with van der Waals surface area (Å²) in [5.41, 5.74) is 0. The van der Waals surface area contributed by atoms with Crippen molar-refractivity contribution in [1.82, 2.24) is 0 Å². The zero-order chi connectivity index (χ0) is 71.9. The van der Waals surface area contributed by atoms with Crippen molar-refractivity contribution < 1.29 is 224 Å². The largest absolute Gasteiger partial charge is 0.460 e. The lowest BCUT2D eigenvalue weighted by atomic mass is 9.88. The SMILES string of the molecule is FC(F)(F)C(F)(F)C(F)(F)C(F)(F)C(F)(F)C(F)(F)C(F)(F)C(F)(F)CC[P+](CCC(F)(F)C(F)(F)C(F)(F)C(F)(F)C(F)(F)C(F)(F)C(F)(F)C(F)(F)F)(CCC(F)(F)C(F)(F)C(F)(F)C(F)(F)C(F)(F)C(F)(F)C(F)(F)C(F)(F)F)c1ccccc1. The van der Waals surface area contributed by atoms with Crippen LogP contribution in [0.25, 0.3) is 0 Å². The summed E-state index contributed by atoms with van der Waals surface area (Å²) in [6.45, 7) is 0. The van der Waals surface area contributed by atoms with Crippen LogP contribution in [0.2, 0.25) is 0 Å². The van der Waals surface area contributed by atoms with Crippen LogP contribution in [0.1, 0.15) is 19.3 Å². The van der Waals surface area contributed by atoms with E-state index in [-0.39, 0.29) is 18.2 Å². The van der Waals surface area contributed by atoms with Gasteiger partial charge in [-0.1, -0.05) is 18.2 Å². The Hall–Kier alpha value is -3.92. The van der Waals surface area contributed by atoms with Gasteiger partial charge in [0.1, 0.15) is 0 Å². The van der Waals surface area contributed by atoms with Crippen molar-refractivity contribution in [3.8, 4) is 0 Å². The lowest BCUT2D eigenvalue weighted by Crippen LogP contribution is -2.74. The quantitative estimate of drug-likeness (QED) is 0.0579. The summed E-state index contributed by atoms with van der Waals surface area (Å²) in [5.74, 6) is -194. The van der Waals surface area contributed by atoms with E-state index in [0.29, 0.717) is 0 Å². The van der Waals surface area contributed by atoms with Gasteiger partial charge in [0.05, 0.1) is 43.1 Å². The maximum absolute atomic E-state index is 15.3. The van der Waals surface area contributed by atoms with Crippen LogP contribution in [0, 0.1) is 0 Å². The van der Waals surface area contributed by atoms with Gasteiger partial charge in [-0.15, -0.1) is 0 Å². The lowest BCUT2D eigenvalue weighted by molar-refractivity contribution is -0.461. The van der Waals surface area contributed by atoms with Crippen molar-refractivity contribution in [2.24, 2.45) is 0 Å². The van der Waals surface area contributed by atoms with Crippen molar-refractivity contribution >= 4 is 12.6 Å². The number of benzene rings is 1. The molecule has 1 aromatic rings. The molecule has 1 rings (SSSR count). The van der Waals surface area contributed by atoms with Crippen LogP contribution in [-0.2, 0) is 0 Å². The molecule has 0 amide bonds. The number of alkyl halides is 51. The second-order valence-electron chi connectivity index (χ2n) is 17.8. The maximum Gasteiger partial charge on any atom is 0.460 e. The summed E-state index contributed by atoms with van der Waals surface area (Å²) in [7, 11) is -7.14. The molecule has 0 spiro atoms. The van der Waals surface area contributed by atoms with Crippen molar-refractivity contribution in [3.63, 3.8) is 0 Å². The maximum atomic E-state index is 15.3. The number of halogens is 51. The third kappa shape index (κ3) is 11.1. The Kier molecular flexibility index (Phi) is 20.4. The number of rotatable bonds is 28. The van der Waals surface area contributed by atoms with Gasteiger partial charge < -0.3 is 0 Å². The second kappa shape index (κ2) is 21.8. The molecular weight excluding hydrogens is 1430 g/mol. The van der Waals surface area contributed by atoms with Crippen molar-refractivity contribution in [2.45, 2.75) is 162 Å². The van der Waals surface area contributed by atoms with Gasteiger partial charge >= 0.3 is 143 Å². The Morgan fingerprint density at radius 2 is 0.318 bits per heavy atom. The summed E-state index contributed by atoms with van der Waals surface area (Å²) >= 11 is 0. The second-order valence-corrected chi connectivity index (χ2v) is 22.0. The van der Waals surface area contributed by atoms with E-state index in [1.54, 1.807) is 0 Å². The molecule has 52 heteroatoms. The highest BCUT2D eigenvalue weighted by Gasteiger charge is 2.99. The first-order chi connectivity index (χ1) is 37.5. The fraction of sp³-hybridized carbons (Fsp3) is 0.833. The Balaban J connectivity index is 4.63. The first-order valence-electron chi connectivity index (χ1n) is 20.5. The molecule has 0 aliphatic rings. The fourth-order valence-electron chi connectivity index (χ4n) is 6.59. The Morgan fingerprint density at radius 1 is 0.182 bits per heavy atom. The van der Waals surface area contributed by atoms with Gasteiger partial charge in [0, 0.05) is 7.26 Å². The van der Waals surface area contributed by atoms with Gasteiger partial charge in [-0.3, -0.25) is 0 Å². The first kappa shape index (κ1) is 82.1. The standard InChI is InChI=1S/C36H17F51P/c37-13(38,16(43,44)19(49,50)22(55,56)25(61,62)28(67,68)31(73,74)34(79,80)81)6-9-88(12-4-2-1-3-5-12,10-7-14(39,40)17(45,46)20(51,52)23(57,58)26(63,64)29(69,70)32(75,76)35(82,83)84)11-8-15(41,42)18(47,48)21(53,54)24(59,60)27(65,66)30(71,72)33(77,78)36(85,86)87/h1-5H,6-11H2/q+1. The zero-order valence-electron chi connectivity index (χ0n) is 39.4. The van der Waals surface area contributed by atoms with Gasteiger partial charge in [0.2, 0.25) is 0 Å². The van der Waals surface area contributed by atoms with E-state index in [9.17, 15) is 198 Å². The van der Waals surface area contributed by atoms with E-state index >= 15 is 26.3 Å². The molecule has 88 heavy (non-hydrogen) atoms. The average molecular weight is 1450 g/mol. The van der Waals surface area contributed by atoms with Crippen molar-refractivity contribution in [3.05, 3.63) is 30.3 Å². The molecule has 0 aromatic heterocycles. The average Bonchev–Trinajstić information content (AvgIpc) is 3.31. The molecule has 0 aliphatic heterocycles. The summed E-state index contributed by atoms with van der Waals surface area (Å²) < 4.78 is 714. The van der Waals surface area contributed by atoms with E-state index in [0.717, 1.165) is 0 Å². The van der Waals surface area contributed by atoms with Gasteiger partial charge in [0.15, 0.2) is 0 Å². The Labute approximate surface area is 448 Å². The third-order valence-corrected chi connectivity index (χ3v) is 16.9. The normalized spacial score (nSPS) is 16.9.